The van der Waals surface area contributed by atoms with E-state index in [1.165, 1.54) is 6.07 Å². The third-order valence-electron chi connectivity index (χ3n) is 5.49. The van der Waals surface area contributed by atoms with Gasteiger partial charge in [0, 0.05) is 16.8 Å². The number of oxime groups is 1. The van der Waals surface area contributed by atoms with E-state index in [1.54, 1.807) is 56.3 Å². The van der Waals surface area contributed by atoms with Crippen LogP contribution in [0.15, 0.2) is 65.8 Å². The van der Waals surface area contributed by atoms with Gasteiger partial charge in [0.1, 0.15) is 22.9 Å². The van der Waals surface area contributed by atoms with Crippen LogP contribution < -0.4 is 10.1 Å². The van der Waals surface area contributed by atoms with Crippen molar-refractivity contribution in [2.75, 3.05) is 11.9 Å². The molecule has 0 spiro atoms. The maximum absolute atomic E-state index is 13.9. The number of benzene rings is 3. The van der Waals surface area contributed by atoms with Gasteiger partial charge in [-0.15, -0.1) is 0 Å². The molecule has 1 heterocycles. The van der Waals surface area contributed by atoms with Gasteiger partial charge < -0.3 is 14.9 Å². The van der Waals surface area contributed by atoms with Crippen LogP contribution in [0.3, 0.4) is 0 Å². The Bertz CT molecular complexity index is 1300. The summed E-state index contributed by atoms with van der Waals surface area (Å²) in [7, 11) is 0. The van der Waals surface area contributed by atoms with Crippen molar-refractivity contribution >= 4 is 23.1 Å². The summed E-state index contributed by atoms with van der Waals surface area (Å²) in [4.78, 5) is 30.3. The number of nitrogens with one attached hydrogen (secondary N) is 1. The number of hydrogen-bond acceptors (Lipinski definition) is 5. The molecule has 0 saturated heterocycles. The predicted molar refractivity (Wildman–Crippen MR) is 129 cm³/mol. The molecule has 0 unspecified atom stereocenters. The lowest BCUT2D eigenvalue weighted by Crippen LogP contribution is -2.33. The quantitative estimate of drug-likeness (QED) is 0.469. The number of rotatable bonds is 7. The predicted octanol–water partition coefficient (Wildman–Crippen LogP) is 5.75. The van der Waals surface area contributed by atoms with Gasteiger partial charge in [0.15, 0.2) is 11.3 Å². The Hall–Kier alpha value is -4.07. The van der Waals surface area contributed by atoms with E-state index < -0.39 is 28.7 Å². The van der Waals surface area contributed by atoms with Crippen molar-refractivity contribution in [2.45, 2.75) is 32.8 Å². The summed E-state index contributed by atoms with van der Waals surface area (Å²) < 4.78 is 33.7. The summed E-state index contributed by atoms with van der Waals surface area (Å²) >= 11 is 0. The molecule has 180 valence electrons. The van der Waals surface area contributed by atoms with Gasteiger partial charge in [-0.3, -0.25) is 9.59 Å². The third kappa shape index (κ3) is 4.91. The first-order valence-electron chi connectivity index (χ1n) is 11.1. The van der Waals surface area contributed by atoms with Gasteiger partial charge in [0.05, 0.1) is 6.61 Å². The minimum atomic E-state index is -1.02. The van der Waals surface area contributed by atoms with E-state index in [1.807, 2.05) is 6.92 Å². The van der Waals surface area contributed by atoms with E-state index in [2.05, 4.69) is 10.5 Å². The third-order valence-corrected chi connectivity index (χ3v) is 5.49. The monoisotopic (exact) mass is 478 g/mol. The highest BCUT2D eigenvalue weighted by molar-refractivity contribution is 6.49. The lowest BCUT2D eigenvalue weighted by atomic mass is 9.93. The van der Waals surface area contributed by atoms with Crippen molar-refractivity contribution in [1.82, 2.24) is 0 Å². The molecule has 0 saturated carbocycles. The topological polar surface area (TPSA) is 77.0 Å². The molecule has 0 aromatic heterocycles. The summed E-state index contributed by atoms with van der Waals surface area (Å²) in [5, 5.41) is 6.48. The lowest BCUT2D eigenvalue weighted by molar-refractivity contribution is -0.128. The van der Waals surface area contributed by atoms with Gasteiger partial charge >= 0.3 is 0 Å². The first-order chi connectivity index (χ1) is 16.7. The smallest absolute Gasteiger partial charge is 0.261 e. The number of Topliss-reactive ketones (excluding diaryl/α,β-unsaturated/α-hetero) is 1. The molecule has 1 aliphatic heterocycles. The number of ketones is 1. The van der Waals surface area contributed by atoms with Gasteiger partial charge in [-0.2, -0.15) is 0 Å². The Morgan fingerprint density at radius 1 is 1.03 bits per heavy atom. The molecule has 0 atom stereocenters. The van der Waals surface area contributed by atoms with Crippen LogP contribution in [0.5, 0.6) is 5.75 Å². The summed E-state index contributed by atoms with van der Waals surface area (Å²) in [6, 6.07) is 15.3. The van der Waals surface area contributed by atoms with E-state index in [4.69, 9.17) is 9.57 Å². The van der Waals surface area contributed by atoms with E-state index in [9.17, 15) is 18.4 Å². The highest BCUT2D eigenvalue weighted by Gasteiger charge is 2.40. The average molecular weight is 478 g/mol. The second-order valence-electron chi connectivity index (χ2n) is 8.56. The Balaban J connectivity index is 1.63. The molecule has 0 aliphatic carbocycles. The molecular weight excluding hydrogens is 454 g/mol. The largest absolute Gasteiger partial charge is 0.493 e. The van der Waals surface area contributed by atoms with Crippen LogP contribution in [0.2, 0.25) is 0 Å². The fourth-order valence-electron chi connectivity index (χ4n) is 3.59. The molecule has 3 aromatic rings. The molecule has 6 nitrogen and oxygen atoms in total. The standard InChI is InChI=1S/C27H24F2N2O4/c1-4-14-34-22-13-10-17(24-25(32)27(2,3)35-31-24)15-19(22)16-8-11-18(12-9-16)30-26(33)23-20(28)6-5-7-21(23)29/h5-13,15H,4,14H2,1-3H3,(H,30,33). The summed E-state index contributed by atoms with van der Waals surface area (Å²) in [6.45, 7) is 5.82. The molecule has 1 aliphatic rings. The van der Waals surface area contributed by atoms with Crippen molar-refractivity contribution in [2.24, 2.45) is 5.16 Å². The molecule has 1 amide bonds. The second kappa shape index (κ2) is 9.66. The van der Waals surface area contributed by atoms with E-state index in [-0.39, 0.29) is 11.5 Å². The maximum atomic E-state index is 13.9. The van der Waals surface area contributed by atoms with Crippen molar-refractivity contribution in [3.8, 4) is 16.9 Å². The van der Waals surface area contributed by atoms with Crippen LogP contribution in [0.25, 0.3) is 11.1 Å². The summed E-state index contributed by atoms with van der Waals surface area (Å²) in [5.41, 5.74) is 0.977. The fourth-order valence-corrected chi connectivity index (χ4v) is 3.59. The Morgan fingerprint density at radius 3 is 2.29 bits per heavy atom. The number of carbonyl (C=O) groups is 2. The average Bonchev–Trinajstić information content (AvgIpc) is 3.10. The molecule has 4 rings (SSSR count). The van der Waals surface area contributed by atoms with Gasteiger partial charge in [-0.05, 0) is 68.3 Å². The number of carbonyl (C=O) groups excluding carboxylic acids is 2. The summed E-state index contributed by atoms with van der Waals surface area (Å²) in [6.07, 6.45) is 0.811. The van der Waals surface area contributed by atoms with Crippen LogP contribution >= 0.6 is 0 Å². The van der Waals surface area contributed by atoms with Crippen LogP contribution in [0, 0.1) is 11.6 Å². The SMILES string of the molecule is CCCOc1ccc(C2=NOC(C)(C)C2=O)cc1-c1ccc(NC(=O)c2c(F)cccc2F)cc1. The van der Waals surface area contributed by atoms with Crippen molar-refractivity contribution < 1.29 is 27.9 Å². The Labute approximate surface area is 201 Å². The van der Waals surface area contributed by atoms with E-state index in [0.29, 0.717) is 29.2 Å². The van der Waals surface area contributed by atoms with Crippen LogP contribution in [0.1, 0.15) is 43.1 Å². The Morgan fingerprint density at radius 2 is 1.69 bits per heavy atom. The van der Waals surface area contributed by atoms with Gasteiger partial charge in [0.2, 0.25) is 5.78 Å². The van der Waals surface area contributed by atoms with Crippen molar-refractivity contribution in [1.29, 1.82) is 0 Å². The summed E-state index contributed by atoms with van der Waals surface area (Å²) in [5.74, 6) is -2.37. The normalized spacial score (nSPS) is 14.3. The van der Waals surface area contributed by atoms with Crippen LogP contribution in [-0.2, 0) is 9.63 Å². The highest BCUT2D eigenvalue weighted by Crippen LogP contribution is 2.34. The molecule has 0 radical (unpaired) electrons. The van der Waals surface area contributed by atoms with E-state index in [0.717, 1.165) is 24.1 Å². The molecular formula is C27H24F2N2O4. The Kier molecular flexibility index (Phi) is 6.64. The van der Waals surface area contributed by atoms with Gasteiger partial charge in [0.25, 0.3) is 5.91 Å². The molecule has 1 N–H and O–H groups in total. The minimum absolute atomic E-state index is 0.218. The zero-order valence-electron chi connectivity index (χ0n) is 19.5. The first kappa shape index (κ1) is 24.1. The number of halogens is 2. The van der Waals surface area contributed by atoms with Crippen molar-refractivity contribution in [3.05, 3.63) is 83.4 Å². The van der Waals surface area contributed by atoms with Crippen LogP contribution in [0.4, 0.5) is 14.5 Å². The molecule has 0 fully saturated rings. The first-order valence-corrected chi connectivity index (χ1v) is 11.1. The molecule has 3 aromatic carbocycles. The zero-order valence-corrected chi connectivity index (χ0v) is 19.5. The highest BCUT2D eigenvalue weighted by atomic mass is 19.1. The van der Waals surface area contributed by atoms with E-state index >= 15 is 0 Å². The minimum Gasteiger partial charge on any atom is -0.493 e. The number of anilines is 1. The molecule has 0 bridgehead atoms. The lowest BCUT2D eigenvalue weighted by Gasteiger charge is -2.14. The van der Waals surface area contributed by atoms with Crippen molar-refractivity contribution in [3.63, 3.8) is 0 Å². The second-order valence-corrected chi connectivity index (χ2v) is 8.56. The van der Waals surface area contributed by atoms with Gasteiger partial charge in [-0.1, -0.05) is 30.3 Å². The molecule has 35 heavy (non-hydrogen) atoms. The number of hydrogen-bond donors (Lipinski definition) is 1. The molecule has 8 heteroatoms. The van der Waals surface area contributed by atoms with Gasteiger partial charge in [-0.25, -0.2) is 8.78 Å². The number of ether oxygens (including phenoxy) is 1. The number of nitrogens with zero attached hydrogens (tertiary/aromatic N) is 1. The zero-order chi connectivity index (χ0) is 25.2. The number of amides is 1. The van der Waals surface area contributed by atoms with Crippen LogP contribution in [-0.4, -0.2) is 29.6 Å². The maximum Gasteiger partial charge on any atom is 0.261 e. The fraction of sp³-hybridized carbons (Fsp3) is 0.222.